The number of hydrogen-bond acceptors (Lipinski definition) is 2. The number of allylic oxidation sites excluding steroid dienone is 1. The zero-order chi connectivity index (χ0) is 14.1. The Morgan fingerprint density at radius 3 is 2.60 bits per heavy atom. The minimum absolute atomic E-state index is 0.000920. The summed E-state index contributed by atoms with van der Waals surface area (Å²) < 4.78 is 5.19. The van der Waals surface area contributed by atoms with Crippen molar-refractivity contribution in [3.05, 3.63) is 70.8 Å². The second kappa shape index (κ2) is 5.01. The summed E-state index contributed by atoms with van der Waals surface area (Å²) in [5.41, 5.74) is 3.10. The number of methoxy groups -OCH3 is 1. The highest BCUT2D eigenvalue weighted by molar-refractivity contribution is 6.28. The molecule has 1 aliphatic rings. The standard InChI is InChI=1S/C17H13BO2/c1-20-12-7-8-13-14(10-12)16(18)15(17(13)19)9-11-5-3-2-4-6-11/h2-10,16H,1H3/b15-9+. The average molecular weight is 260 g/mol. The molecule has 0 N–H and O–H groups in total. The fourth-order valence-electron chi connectivity index (χ4n) is 2.48. The summed E-state index contributed by atoms with van der Waals surface area (Å²) >= 11 is 0. The normalized spacial score (nSPS) is 19.1. The van der Waals surface area contributed by atoms with Crippen molar-refractivity contribution < 1.29 is 9.53 Å². The van der Waals surface area contributed by atoms with Crippen LogP contribution in [0.1, 0.15) is 27.3 Å². The lowest BCUT2D eigenvalue weighted by Gasteiger charge is -2.07. The highest BCUT2D eigenvalue weighted by atomic mass is 16.5. The number of Topliss-reactive ketones (excluding diaryl/α,β-unsaturated/α-hetero) is 1. The molecule has 1 atom stereocenters. The Kier molecular flexibility index (Phi) is 3.19. The van der Waals surface area contributed by atoms with Gasteiger partial charge >= 0.3 is 0 Å². The van der Waals surface area contributed by atoms with Gasteiger partial charge in [-0.15, -0.1) is 0 Å². The molecule has 0 aromatic heterocycles. The summed E-state index contributed by atoms with van der Waals surface area (Å²) in [7, 11) is 7.81. The second-order valence-corrected chi connectivity index (χ2v) is 4.77. The van der Waals surface area contributed by atoms with Crippen molar-refractivity contribution in [3.63, 3.8) is 0 Å². The predicted molar refractivity (Wildman–Crippen MR) is 80.2 cm³/mol. The predicted octanol–water partition coefficient (Wildman–Crippen LogP) is 3.18. The van der Waals surface area contributed by atoms with Crippen LogP contribution in [0.25, 0.3) is 6.08 Å². The van der Waals surface area contributed by atoms with Crippen molar-refractivity contribution in [2.75, 3.05) is 7.11 Å². The molecule has 0 spiro atoms. The van der Waals surface area contributed by atoms with E-state index in [4.69, 9.17) is 12.6 Å². The maximum atomic E-state index is 12.4. The lowest BCUT2D eigenvalue weighted by molar-refractivity contribution is 0.104. The molecule has 0 amide bonds. The Balaban J connectivity index is 2.05. The summed E-state index contributed by atoms with van der Waals surface area (Å²) in [5, 5.41) is 0. The average Bonchev–Trinajstić information content (AvgIpc) is 2.73. The van der Waals surface area contributed by atoms with Crippen molar-refractivity contribution in [2.24, 2.45) is 0 Å². The zero-order valence-corrected chi connectivity index (χ0v) is 11.2. The van der Waals surface area contributed by atoms with Crippen LogP contribution in [0, 0.1) is 0 Å². The first-order valence-corrected chi connectivity index (χ1v) is 6.45. The first-order valence-electron chi connectivity index (χ1n) is 6.45. The Bertz CT molecular complexity index is 689. The molecule has 0 bridgehead atoms. The number of carbonyl (C=O) groups is 1. The van der Waals surface area contributed by atoms with E-state index < -0.39 is 5.82 Å². The molecular formula is C17H13BO2. The molecule has 1 aliphatic carbocycles. The molecular weight excluding hydrogens is 247 g/mol. The van der Waals surface area contributed by atoms with Crippen molar-refractivity contribution in [3.8, 4) is 5.75 Å². The van der Waals surface area contributed by atoms with E-state index in [-0.39, 0.29) is 5.78 Å². The third-order valence-electron chi connectivity index (χ3n) is 3.56. The molecule has 2 nitrogen and oxygen atoms in total. The summed E-state index contributed by atoms with van der Waals surface area (Å²) in [5.74, 6) is 0.319. The third kappa shape index (κ3) is 2.05. The molecule has 0 aliphatic heterocycles. The van der Waals surface area contributed by atoms with Crippen LogP contribution in [0.5, 0.6) is 5.75 Å². The molecule has 2 radical (unpaired) electrons. The van der Waals surface area contributed by atoms with Gasteiger partial charge in [-0.05, 0) is 46.8 Å². The SMILES string of the molecule is [B]C1/C(=C\c2ccccc2)C(=O)c2ccc(OC)cc21. The fraction of sp³-hybridized carbons (Fsp3) is 0.118. The lowest BCUT2D eigenvalue weighted by Crippen LogP contribution is -1.99. The molecule has 3 rings (SSSR count). The molecule has 0 fully saturated rings. The minimum Gasteiger partial charge on any atom is -0.497 e. The van der Waals surface area contributed by atoms with Gasteiger partial charge in [0.2, 0.25) is 0 Å². The van der Waals surface area contributed by atoms with Gasteiger partial charge in [-0.25, -0.2) is 0 Å². The van der Waals surface area contributed by atoms with Crippen LogP contribution in [-0.4, -0.2) is 20.7 Å². The quantitative estimate of drug-likeness (QED) is 0.612. The van der Waals surface area contributed by atoms with Gasteiger partial charge < -0.3 is 4.74 Å². The number of rotatable bonds is 2. The van der Waals surface area contributed by atoms with Crippen molar-refractivity contribution >= 4 is 19.7 Å². The van der Waals surface area contributed by atoms with Crippen molar-refractivity contribution in [1.82, 2.24) is 0 Å². The van der Waals surface area contributed by atoms with E-state index in [1.807, 2.05) is 42.5 Å². The van der Waals surface area contributed by atoms with Gasteiger partial charge in [-0.2, -0.15) is 0 Å². The third-order valence-corrected chi connectivity index (χ3v) is 3.56. The number of hydrogen-bond donors (Lipinski definition) is 0. The molecule has 1 unspecified atom stereocenters. The van der Waals surface area contributed by atoms with E-state index >= 15 is 0 Å². The van der Waals surface area contributed by atoms with Crippen molar-refractivity contribution in [2.45, 2.75) is 5.82 Å². The molecule has 0 heterocycles. The number of ether oxygens (including phenoxy) is 1. The maximum absolute atomic E-state index is 12.4. The molecule has 2 aromatic carbocycles. The van der Waals surface area contributed by atoms with Crippen LogP contribution < -0.4 is 4.74 Å². The van der Waals surface area contributed by atoms with Crippen LogP contribution in [0.2, 0.25) is 0 Å². The van der Waals surface area contributed by atoms with Crippen LogP contribution >= 0.6 is 0 Å². The number of fused-ring (bicyclic) bond motifs is 1. The van der Waals surface area contributed by atoms with Gasteiger partial charge in [-0.1, -0.05) is 30.3 Å². The van der Waals surface area contributed by atoms with Gasteiger partial charge in [0.1, 0.15) is 5.75 Å². The Morgan fingerprint density at radius 1 is 1.15 bits per heavy atom. The minimum atomic E-state index is -0.396. The first kappa shape index (κ1) is 12.7. The molecule has 20 heavy (non-hydrogen) atoms. The molecule has 2 aromatic rings. The summed E-state index contributed by atoms with van der Waals surface area (Å²) in [6.45, 7) is 0. The number of carbonyl (C=O) groups excluding carboxylic acids is 1. The largest absolute Gasteiger partial charge is 0.497 e. The van der Waals surface area contributed by atoms with E-state index in [2.05, 4.69) is 0 Å². The zero-order valence-electron chi connectivity index (χ0n) is 11.2. The monoisotopic (exact) mass is 260 g/mol. The summed E-state index contributed by atoms with van der Waals surface area (Å²) in [6, 6.07) is 15.1. The van der Waals surface area contributed by atoms with Crippen LogP contribution in [0.3, 0.4) is 0 Å². The second-order valence-electron chi connectivity index (χ2n) is 4.77. The maximum Gasteiger partial charge on any atom is 0.189 e. The van der Waals surface area contributed by atoms with Gasteiger partial charge in [0.25, 0.3) is 0 Å². The Hall–Kier alpha value is -2.29. The van der Waals surface area contributed by atoms with E-state index in [1.54, 1.807) is 19.2 Å². The summed E-state index contributed by atoms with van der Waals surface area (Å²) in [4.78, 5) is 12.4. The Morgan fingerprint density at radius 2 is 1.90 bits per heavy atom. The Labute approximate surface area is 119 Å². The van der Waals surface area contributed by atoms with Crippen LogP contribution in [0.4, 0.5) is 0 Å². The smallest absolute Gasteiger partial charge is 0.189 e. The van der Waals surface area contributed by atoms with E-state index in [9.17, 15) is 4.79 Å². The van der Waals surface area contributed by atoms with E-state index in [1.165, 1.54) is 0 Å². The summed E-state index contributed by atoms with van der Waals surface area (Å²) in [6.07, 6.45) is 1.86. The molecule has 0 saturated heterocycles. The highest BCUT2D eigenvalue weighted by Gasteiger charge is 2.31. The number of benzene rings is 2. The molecule has 0 saturated carbocycles. The van der Waals surface area contributed by atoms with Gasteiger partial charge in [0.15, 0.2) is 5.78 Å². The lowest BCUT2D eigenvalue weighted by atomic mass is 9.79. The number of ketones is 1. The highest BCUT2D eigenvalue weighted by Crippen LogP contribution is 2.38. The van der Waals surface area contributed by atoms with Gasteiger partial charge in [0.05, 0.1) is 15.0 Å². The fourth-order valence-corrected chi connectivity index (χ4v) is 2.48. The van der Waals surface area contributed by atoms with E-state index in [0.717, 1.165) is 11.1 Å². The van der Waals surface area contributed by atoms with Crippen LogP contribution in [0.15, 0.2) is 54.1 Å². The topological polar surface area (TPSA) is 26.3 Å². The van der Waals surface area contributed by atoms with E-state index in [0.29, 0.717) is 16.9 Å². The van der Waals surface area contributed by atoms with Gasteiger partial charge in [0, 0.05) is 5.56 Å². The molecule has 96 valence electrons. The first-order chi connectivity index (χ1) is 9.70. The van der Waals surface area contributed by atoms with Gasteiger partial charge in [-0.3, -0.25) is 4.79 Å². The molecule has 3 heteroatoms. The van der Waals surface area contributed by atoms with Crippen molar-refractivity contribution in [1.29, 1.82) is 0 Å². The van der Waals surface area contributed by atoms with Crippen LogP contribution in [-0.2, 0) is 0 Å².